The molecule has 1 amide bonds. The van der Waals surface area contributed by atoms with Gasteiger partial charge in [0.1, 0.15) is 28.9 Å². The van der Waals surface area contributed by atoms with E-state index in [-0.39, 0.29) is 29.4 Å². The van der Waals surface area contributed by atoms with Crippen molar-refractivity contribution in [2.75, 3.05) is 19.0 Å². The molecule has 0 unspecified atom stereocenters. The van der Waals surface area contributed by atoms with Crippen LogP contribution in [0.5, 0.6) is 5.75 Å². The van der Waals surface area contributed by atoms with Crippen molar-refractivity contribution in [1.82, 2.24) is 0 Å². The van der Waals surface area contributed by atoms with E-state index < -0.39 is 16.8 Å². The van der Waals surface area contributed by atoms with Crippen molar-refractivity contribution in [3.63, 3.8) is 0 Å². The quantitative estimate of drug-likeness (QED) is 0.169. The van der Waals surface area contributed by atoms with Gasteiger partial charge in [0.2, 0.25) is 0 Å². The van der Waals surface area contributed by atoms with Crippen molar-refractivity contribution in [2.24, 2.45) is 0 Å². The van der Waals surface area contributed by atoms with Crippen LogP contribution in [0.1, 0.15) is 23.0 Å². The summed E-state index contributed by atoms with van der Waals surface area (Å²) >= 11 is 0. The number of non-ortho nitro benzene ring substituents is 1. The number of esters is 1. The van der Waals surface area contributed by atoms with Crippen LogP contribution in [0.25, 0.3) is 17.4 Å². The number of carbonyl (C=O) groups is 2. The highest BCUT2D eigenvalue weighted by molar-refractivity contribution is 6.09. The summed E-state index contributed by atoms with van der Waals surface area (Å²) in [6.07, 6.45) is 1.25. The van der Waals surface area contributed by atoms with Gasteiger partial charge in [0, 0.05) is 23.9 Å². The molecule has 34 heavy (non-hydrogen) atoms. The van der Waals surface area contributed by atoms with Crippen molar-refractivity contribution in [1.29, 1.82) is 5.26 Å². The smallest absolute Gasteiger partial charge is 0.338 e. The van der Waals surface area contributed by atoms with Crippen molar-refractivity contribution in [2.45, 2.75) is 6.92 Å². The summed E-state index contributed by atoms with van der Waals surface area (Å²) in [7, 11) is 1.42. The molecule has 1 heterocycles. The van der Waals surface area contributed by atoms with Crippen LogP contribution >= 0.6 is 0 Å². The Morgan fingerprint density at radius 1 is 1.18 bits per heavy atom. The van der Waals surface area contributed by atoms with Crippen molar-refractivity contribution in [3.8, 4) is 23.1 Å². The molecule has 10 heteroatoms. The summed E-state index contributed by atoms with van der Waals surface area (Å²) < 4.78 is 15.8. The normalized spacial score (nSPS) is 10.8. The summed E-state index contributed by atoms with van der Waals surface area (Å²) in [5.74, 6) is -0.351. The molecular weight excluding hydrogens is 442 g/mol. The van der Waals surface area contributed by atoms with Crippen LogP contribution in [0.15, 0.2) is 64.6 Å². The van der Waals surface area contributed by atoms with Crippen LogP contribution in [-0.4, -0.2) is 30.5 Å². The number of ether oxygens (including phenoxy) is 2. The zero-order chi connectivity index (χ0) is 24.7. The molecular formula is C24H19N3O7. The number of nitrogens with zero attached hydrogens (tertiary/aromatic N) is 2. The Morgan fingerprint density at radius 2 is 1.91 bits per heavy atom. The first-order valence-electron chi connectivity index (χ1n) is 9.99. The second-order valence-corrected chi connectivity index (χ2v) is 6.77. The Labute approximate surface area is 194 Å². The van der Waals surface area contributed by atoms with E-state index >= 15 is 0 Å². The van der Waals surface area contributed by atoms with Crippen LogP contribution in [0.4, 0.5) is 11.4 Å². The molecule has 3 aromatic rings. The monoisotopic (exact) mass is 461 g/mol. The van der Waals surface area contributed by atoms with Gasteiger partial charge in [0.05, 0.1) is 29.8 Å². The number of rotatable bonds is 8. The Bertz CT molecular complexity index is 1300. The molecule has 172 valence electrons. The van der Waals surface area contributed by atoms with E-state index in [1.54, 1.807) is 13.0 Å². The molecule has 10 nitrogen and oxygen atoms in total. The molecule has 0 fully saturated rings. The van der Waals surface area contributed by atoms with Crippen LogP contribution in [0, 0.1) is 21.4 Å². The number of amides is 1. The third-order valence-electron chi connectivity index (χ3n) is 4.59. The molecule has 0 aliphatic carbocycles. The number of nitro benzene ring substituents is 1. The van der Waals surface area contributed by atoms with Gasteiger partial charge < -0.3 is 19.2 Å². The first-order chi connectivity index (χ1) is 16.4. The van der Waals surface area contributed by atoms with Gasteiger partial charge in [-0.3, -0.25) is 14.9 Å². The molecule has 1 aromatic heterocycles. The lowest BCUT2D eigenvalue weighted by atomic mass is 10.1. The van der Waals surface area contributed by atoms with E-state index in [1.165, 1.54) is 61.7 Å². The summed E-state index contributed by atoms with van der Waals surface area (Å²) in [6.45, 7) is 1.94. The van der Waals surface area contributed by atoms with E-state index in [4.69, 9.17) is 13.9 Å². The van der Waals surface area contributed by atoms with Gasteiger partial charge in [-0.05, 0) is 49.4 Å². The lowest BCUT2D eigenvalue weighted by Gasteiger charge is -2.06. The predicted molar refractivity (Wildman–Crippen MR) is 122 cm³/mol. The maximum Gasteiger partial charge on any atom is 0.338 e. The molecule has 0 bridgehead atoms. The number of methoxy groups -OCH3 is 1. The van der Waals surface area contributed by atoms with Gasteiger partial charge in [-0.1, -0.05) is 0 Å². The first-order valence-corrected chi connectivity index (χ1v) is 9.99. The number of nitriles is 1. The first kappa shape index (κ1) is 23.7. The molecule has 3 rings (SSSR count). The lowest BCUT2D eigenvalue weighted by molar-refractivity contribution is -0.384. The molecule has 0 radical (unpaired) electrons. The standard InChI is InChI=1S/C24H19N3O7/c1-3-33-24(29)15-4-6-17(7-5-15)26-23(28)16(14-25)12-19-9-11-22(34-19)20-13-18(27(30)31)8-10-21(20)32-2/h4-13H,3H2,1-2H3,(H,26,28)/b16-12+. The van der Waals surface area contributed by atoms with Gasteiger partial charge >= 0.3 is 5.97 Å². The third-order valence-corrected chi connectivity index (χ3v) is 4.59. The maximum atomic E-state index is 12.5. The van der Waals surface area contributed by atoms with Gasteiger partial charge in [-0.15, -0.1) is 0 Å². The maximum absolute atomic E-state index is 12.5. The number of hydrogen-bond donors (Lipinski definition) is 1. The van der Waals surface area contributed by atoms with Gasteiger partial charge in [0.15, 0.2) is 0 Å². The van der Waals surface area contributed by atoms with Crippen molar-refractivity contribution in [3.05, 3.63) is 81.6 Å². The minimum atomic E-state index is -0.683. The third kappa shape index (κ3) is 5.46. The van der Waals surface area contributed by atoms with Crippen LogP contribution in [-0.2, 0) is 9.53 Å². The highest BCUT2D eigenvalue weighted by Gasteiger charge is 2.17. The van der Waals surface area contributed by atoms with E-state index in [0.717, 1.165) is 0 Å². The summed E-state index contributed by atoms with van der Waals surface area (Å²) in [6, 6.07) is 15.0. The highest BCUT2D eigenvalue weighted by Crippen LogP contribution is 2.34. The minimum absolute atomic E-state index is 0.143. The molecule has 0 atom stereocenters. The topological polar surface area (TPSA) is 145 Å². The largest absolute Gasteiger partial charge is 0.496 e. The lowest BCUT2D eigenvalue weighted by Crippen LogP contribution is -2.13. The number of nitro groups is 1. The van der Waals surface area contributed by atoms with E-state index in [0.29, 0.717) is 22.6 Å². The average molecular weight is 461 g/mol. The summed E-state index contributed by atoms with van der Waals surface area (Å²) in [4.78, 5) is 34.8. The molecule has 0 aliphatic heterocycles. The fourth-order valence-corrected chi connectivity index (χ4v) is 2.97. The molecule has 0 saturated heterocycles. The fourth-order valence-electron chi connectivity index (χ4n) is 2.97. The van der Waals surface area contributed by atoms with Crippen molar-refractivity contribution >= 4 is 29.3 Å². The Hall–Kier alpha value is -4.91. The van der Waals surface area contributed by atoms with Gasteiger partial charge in [-0.2, -0.15) is 5.26 Å². The average Bonchev–Trinajstić information content (AvgIpc) is 3.31. The number of furan rings is 1. The predicted octanol–water partition coefficient (Wildman–Crippen LogP) is 4.59. The number of hydrogen-bond acceptors (Lipinski definition) is 8. The molecule has 1 N–H and O–H groups in total. The van der Waals surface area contributed by atoms with E-state index in [9.17, 15) is 25.0 Å². The number of benzene rings is 2. The number of carbonyl (C=O) groups excluding carboxylic acids is 2. The second kappa shape index (κ2) is 10.6. The second-order valence-electron chi connectivity index (χ2n) is 6.77. The summed E-state index contributed by atoms with van der Waals surface area (Å²) in [5.41, 5.74) is 0.675. The van der Waals surface area contributed by atoms with E-state index in [1.807, 2.05) is 6.07 Å². The van der Waals surface area contributed by atoms with Gasteiger partial charge in [0.25, 0.3) is 11.6 Å². The SMILES string of the molecule is CCOC(=O)c1ccc(NC(=O)/C(C#N)=C/c2ccc(-c3cc([N+](=O)[O-])ccc3OC)o2)cc1. The van der Waals surface area contributed by atoms with Crippen LogP contribution in [0.2, 0.25) is 0 Å². The number of nitrogens with one attached hydrogen (secondary N) is 1. The van der Waals surface area contributed by atoms with Gasteiger partial charge in [-0.25, -0.2) is 4.79 Å². The van der Waals surface area contributed by atoms with E-state index in [2.05, 4.69) is 5.32 Å². The van der Waals surface area contributed by atoms with Crippen molar-refractivity contribution < 1.29 is 28.4 Å². The molecule has 0 aliphatic rings. The highest BCUT2D eigenvalue weighted by atomic mass is 16.6. The molecule has 0 spiro atoms. The van der Waals surface area contributed by atoms with Crippen LogP contribution < -0.4 is 10.1 Å². The molecule has 0 saturated carbocycles. The Morgan fingerprint density at radius 3 is 2.53 bits per heavy atom. The Balaban J connectivity index is 1.80. The number of anilines is 1. The minimum Gasteiger partial charge on any atom is -0.496 e. The summed E-state index contributed by atoms with van der Waals surface area (Å²) in [5, 5.41) is 23.1. The van der Waals surface area contributed by atoms with Crippen LogP contribution in [0.3, 0.4) is 0 Å². The zero-order valence-electron chi connectivity index (χ0n) is 18.2. The zero-order valence-corrected chi connectivity index (χ0v) is 18.2. The molecule has 2 aromatic carbocycles. The Kier molecular flexibility index (Phi) is 7.41. The fraction of sp³-hybridized carbons (Fsp3) is 0.125.